The van der Waals surface area contributed by atoms with E-state index in [1.165, 1.54) is 12.5 Å². The Balaban J connectivity index is 1.95. The quantitative estimate of drug-likeness (QED) is 0.675. The van der Waals surface area contributed by atoms with Gasteiger partial charge >= 0.3 is 0 Å². The Labute approximate surface area is 130 Å². The highest BCUT2D eigenvalue weighted by Crippen LogP contribution is 2.23. The third kappa shape index (κ3) is 2.88. The molecular formula is C13H12N10. The molecule has 0 aliphatic rings. The molecule has 10 nitrogen and oxygen atoms in total. The van der Waals surface area contributed by atoms with Gasteiger partial charge < -0.3 is 5.32 Å². The molecule has 114 valence electrons. The Kier molecular flexibility index (Phi) is 3.75. The van der Waals surface area contributed by atoms with Crippen molar-refractivity contribution < 1.29 is 0 Å². The molecule has 3 aromatic rings. The number of aromatic nitrogens is 8. The zero-order valence-corrected chi connectivity index (χ0v) is 12.4. The number of benzene rings is 1. The van der Waals surface area contributed by atoms with Gasteiger partial charge in [-0.25, -0.2) is 4.68 Å². The van der Waals surface area contributed by atoms with Crippen molar-refractivity contribution in [3.05, 3.63) is 41.6 Å². The lowest BCUT2D eigenvalue weighted by Crippen LogP contribution is -2.01. The van der Waals surface area contributed by atoms with Gasteiger partial charge in [0.15, 0.2) is 0 Å². The third-order valence-electron chi connectivity index (χ3n) is 3.34. The summed E-state index contributed by atoms with van der Waals surface area (Å²) in [6, 6.07) is 5.89. The second-order valence-electron chi connectivity index (χ2n) is 4.74. The van der Waals surface area contributed by atoms with Gasteiger partial charge in [-0.2, -0.15) is 10.5 Å². The maximum atomic E-state index is 9.19. The maximum absolute atomic E-state index is 9.19. The predicted octanol–water partition coefficient (Wildman–Crippen LogP) is 0.769. The van der Waals surface area contributed by atoms with E-state index in [-0.39, 0.29) is 11.4 Å². The number of anilines is 1. The van der Waals surface area contributed by atoms with Crippen LogP contribution >= 0.6 is 0 Å². The van der Waals surface area contributed by atoms with Crippen molar-refractivity contribution >= 4 is 11.3 Å². The van der Waals surface area contributed by atoms with Crippen LogP contribution < -0.4 is 5.32 Å². The number of nitriles is 1. The topological polar surface area (TPSA) is 134 Å². The molecule has 1 aromatic carbocycles. The summed E-state index contributed by atoms with van der Waals surface area (Å²) in [6.45, 7) is 3.97. The maximum Gasteiger partial charge on any atom is 0.216 e. The fourth-order valence-electron chi connectivity index (χ4n) is 1.97. The number of hydrogen-bond acceptors (Lipinski definition) is 8. The second kappa shape index (κ2) is 6.02. The van der Waals surface area contributed by atoms with Gasteiger partial charge in [0, 0.05) is 11.9 Å². The molecule has 0 amide bonds. The summed E-state index contributed by atoms with van der Waals surface area (Å²) < 4.78 is 1.56. The van der Waals surface area contributed by atoms with Gasteiger partial charge in [0.05, 0.1) is 5.69 Å². The first-order valence-electron chi connectivity index (χ1n) is 6.64. The number of aryl methyl sites for hydroxylation is 1. The highest BCUT2D eigenvalue weighted by molar-refractivity contribution is 5.75. The Morgan fingerprint density at radius 1 is 1.39 bits per heavy atom. The summed E-state index contributed by atoms with van der Waals surface area (Å²) in [6.07, 6.45) is 3.06. The van der Waals surface area contributed by atoms with Crippen LogP contribution in [-0.4, -0.2) is 40.8 Å². The number of allylic oxidation sites excluding steroid dienone is 1. The first-order chi connectivity index (χ1) is 11.2. The van der Waals surface area contributed by atoms with Crippen molar-refractivity contribution in [2.45, 2.75) is 13.8 Å². The zero-order chi connectivity index (χ0) is 16.2. The number of H-pyrrole nitrogens is 1. The van der Waals surface area contributed by atoms with Crippen LogP contribution in [0.15, 0.2) is 24.7 Å². The SMILES string of the molecule is Cc1cc(-n2cnnn2)cc(NC=C(C#N)c2nn[nH]n2)c1C. The average molecular weight is 308 g/mol. The summed E-state index contributed by atoms with van der Waals surface area (Å²) >= 11 is 0. The normalized spacial score (nSPS) is 11.3. The van der Waals surface area contributed by atoms with E-state index in [0.29, 0.717) is 0 Å². The summed E-state index contributed by atoms with van der Waals surface area (Å²) in [5, 5.41) is 36.8. The fraction of sp³-hybridized carbons (Fsp3) is 0.154. The Morgan fingerprint density at radius 3 is 2.91 bits per heavy atom. The van der Waals surface area contributed by atoms with Gasteiger partial charge in [-0.15, -0.1) is 15.3 Å². The van der Waals surface area contributed by atoms with Crippen LogP contribution in [0.25, 0.3) is 11.3 Å². The van der Waals surface area contributed by atoms with E-state index in [1.54, 1.807) is 4.68 Å². The van der Waals surface area contributed by atoms with Gasteiger partial charge in [-0.3, -0.25) is 0 Å². The highest BCUT2D eigenvalue weighted by atomic mass is 15.5. The summed E-state index contributed by atoms with van der Waals surface area (Å²) in [4.78, 5) is 0. The van der Waals surface area contributed by atoms with Gasteiger partial charge in [-0.1, -0.05) is 0 Å². The standard InChI is InChI=1S/C13H12N10/c1-8-3-11(23-7-16-19-22-23)4-12(9(8)2)15-6-10(5-14)13-17-20-21-18-13/h3-4,6-7,15H,1-2H3,(H,17,18,20,21). The van der Waals surface area contributed by atoms with E-state index >= 15 is 0 Å². The van der Waals surface area contributed by atoms with Gasteiger partial charge in [0.25, 0.3) is 0 Å². The average Bonchev–Trinajstić information content (AvgIpc) is 3.24. The first kappa shape index (κ1) is 14.3. The molecular weight excluding hydrogens is 296 g/mol. The van der Waals surface area contributed by atoms with Crippen LogP contribution in [0.3, 0.4) is 0 Å². The van der Waals surface area contributed by atoms with E-state index in [9.17, 15) is 5.26 Å². The molecule has 0 spiro atoms. The molecule has 0 bridgehead atoms. The molecule has 2 N–H and O–H groups in total. The van der Waals surface area contributed by atoms with Gasteiger partial charge in [0.2, 0.25) is 5.82 Å². The monoisotopic (exact) mass is 308 g/mol. The van der Waals surface area contributed by atoms with Crippen LogP contribution in [0.5, 0.6) is 0 Å². The molecule has 10 heteroatoms. The van der Waals surface area contributed by atoms with Crippen molar-refractivity contribution in [1.82, 2.24) is 40.8 Å². The van der Waals surface area contributed by atoms with Crippen LogP contribution in [0.4, 0.5) is 5.69 Å². The predicted molar refractivity (Wildman–Crippen MR) is 80.0 cm³/mol. The zero-order valence-electron chi connectivity index (χ0n) is 12.4. The lowest BCUT2D eigenvalue weighted by Gasteiger charge is -2.11. The van der Waals surface area contributed by atoms with Crippen LogP contribution in [0, 0.1) is 25.2 Å². The van der Waals surface area contributed by atoms with Crippen LogP contribution in [-0.2, 0) is 0 Å². The van der Waals surface area contributed by atoms with Gasteiger partial charge in [0.1, 0.15) is 18.0 Å². The number of hydrogen-bond donors (Lipinski definition) is 2. The number of nitrogens with zero attached hydrogens (tertiary/aromatic N) is 8. The first-order valence-corrected chi connectivity index (χ1v) is 6.64. The van der Waals surface area contributed by atoms with Crippen molar-refractivity contribution in [3.8, 4) is 11.8 Å². The number of nitrogens with one attached hydrogen (secondary N) is 2. The number of tetrazole rings is 2. The van der Waals surface area contributed by atoms with Crippen molar-refractivity contribution in [3.63, 3.8) is 0 Å². The minimum atomic E-state index is 0.228. The fourth-order valence-corrected chi connectivity index (χ4v) is 1.97. The van der Waals surface area contributed by atoms with E-state index in [1.807, 2.05) is 32.0 Å². The third-order valence-corrected chi connectivity index (χ3v) is 3.34. The number of aromatic amines is 1. The molecule has 2 heterocycles. The highest BCUT2D eigenvalue weighted by Gasteiger charge is 2.09. The second-order valence-corrected chi connectivity index (χ2v) is 4.74. The minimum Gasteiger partial charge on any atom is -0.360 e. The van der Waals surface area contributed by atoms with Crippen molar-refractivity contribution in [2.24, 2.45) is 0 Å². The summed E-state index contributed by atoms with van der Waals surface area (Å²) in [5.74, 6) is 0.228. The molecule has 0 fully saturated rings. The Morgan fingerprint density at radius 2 is 2.26 bits per heavy atom. The van der Waals surface area contributed by atoms with Crippen molar-refractivity contribution in [1.29, 1.82) is 5.26 Å². The number of rotatable bonds is 4. The molecule has 0 atom stereocenters. The molecule has 0 saturated heterocycles. The van der Waals surface area contributed by atoms with Gasteiger partial charge in [-0.05, 0) is 52.7 Å². The Hall–Kier alpha value is -3.61. The lowest BCUT2D eigenvalue weighted by atomic mass is 10.1. The van der Waals surface area contributed by atoms with E-state index in [0.717, 1.165) is 22.5 Å². The largest absolute Gasteiger partial charge is 0.360 e. The molecule has 3 rings (SSSR count). The summed E-state index contributed by atoms with van der Waals surface area (Å²) in [7, 11) is 0. The molecule has 0 aliphatic heterocycles. The molecule has 2 aromatic heterocycles. The van der Waals surface area contributed by atoms with E-state index in [2.05, 4.69) is 41.5 Å². The van der Waals surface area contributed by atoms with Crippen LogP contribution in [0.2, 0.25) is 0 Å². The van der Waals surface area contributed by atoms with E-state index in [4.69, 9.17) is 0 Å². The molecule has 0 unspecified atom stereocenters. The van der Waals surface area contributed by atoms with Crippen LogP contribution in [0.1, 0.15) is 17.0 Å². The van der Waals surface area contributed by atoms with Crippen molar-refractivity contribution in [2.75, 3.05) is 5.32 Å². The smallest absolute Gasteiger partial charge is 0.216 e. The molecule has 0 saturated carbocycles. The molecule has 23 heavy (non-hydrogen) atoms. The molecule has 0 radical (unpaired) electrons. The molecule has 0 aliphatic carbocycles. The van der Waals surface area contributed by atoms with E-state index < -0.39 is 0 Å². The minimum absolute atomic E-state index is 0.228. The lowest BCUT2D eigenvalue weighted by molar-refractivity contribution is 0.788. The Bertz CT molecular complexity index is 870. The summed E-state index contributed by atoms with van der Waals surface area (Å²) in [5.41, 5.74) is 4.01.